The van der Waals surface area contributed by atoms with Gasteiger partial charge in [-0.3, -0.25) is 4.79 Å². The van der Waals surface area contributed by atoms with Crippen molar-refractivity contribution < 1.29 is 13.9 Å². The average Bonchev–Trinajstić information content (AvgIpc) is 2.38. The molecule has 0 saturated heterocycles. The van der Waals surface area contributed by atoms with Crippen molar-refractivity contribution in [1.82, 2.24) is 0 Å². The van der Waals surface area contributed by atoms with Crippen LogP contribution in [-0.2, 0) is 6.61 Å². The smallest absolute Gasteiger partial charge is 0.248 e. The van der Waals surface area contributed by atoms with Crippen LogP contribution in [-0.4, -0.2) is 5.91 Å². The molecular formula is C14H12FNO2. The number of para-hydroxylation sites is 1. The maximum Gasteiger partial charge on any atom is 0.248 e. The summed E-state index contributed by atoms with van der Waals surface area (Å²) in [5.41, 5.74) is 5.59. The molecule has 18 heavy (non-hydrogen) atoms. The highest BCUT2D eigenvalue weighted by molar-refractivity contribution is 5.92. The molecule has 0 aliphatic carbocycles. The van der Waals surface area contributed by atoms with Gasteiger partial charge in [-0.05, 0) is 24.3 Å². The number of rotatable bonds is 4. The predicted octanol–water partition coefficient (Wildman–Crippen LogP) is 2.50. The van der Waals surface area contributed by atoms with Crippen molar-refractivity contribution in [3.8, 4) is 5.75 Å². The number of halogens is 1. The number of hydrogen-bond donors (Lipinski definition) is 1. The van der Waals surface area contributed by atoms with Gasteiger partial charge in [-0.1, -0.05) is 24.3 Å². The van der Waals surface area contributed by atoms with Crippen molar-refractivity contribution in [3.05, 3.63) is 65.5 Å². The standard InChI is InChI=1S/C14H12FNO2/c15-13-8-10(14(16)17)6-7-11(13)9-18-12-4-2-1-3-5-12/h1-8H,9H2,(H2,16,17). The molecule has 2 aromatic rings. The molecule has 92 valence electrons. The minimum absolute atomic E-state index is 0.106. The molecule has 0 radical (unpaired) electrons. The Morgan fingerprint density at radius 3 is 2.50 bits per heavy atom. The summed E-state index contributed by atoms with van der Waals surface area (Å²) in [7, 11) is 0. The average molecular weight is 245 g/mol. The Hall–Kier alpha value is -2.36. The van der Waals surface area contributed by atoms with Crippen LogP contribution in [0.25, 0.3) is 0 Å². The van der Waals surface area contributed by atoms with Crippen molar-refractivity contribution >= 4 is 5.91 Å². The number of hydrogen-bond acceptors (Lipinski definition) is 2. The third kappa shape index (κ3) is 2.85. The number of carbonyl (C=O) groups is 1. The molecule has 2 N–H and O–H groups in total. The van der Waals surface area contributed by atoms with Gasteiger partial charge in [0.15, 0.2) is 0 Å². The normalized spacial score (nSPS) is 10.1. The SMILES string of the molecule is NC(=O)c1ccc(COc2ccccc2)c(F)c1. The van der Waals surface area contributed by atoms with Crippen LogP contribution in [0.5, 0.6) is 5.75 Å². The Morgan fingerprint density at radius 2 is 1.89 bits per heavy atom. The molecular weight excluding hydrogens is 233 g/mol. The lowest BCUT2D eigenvalue weighted by atomic mass is 10.1. The molecule has 0 spiro atoms. The van der Waals surface area contributed by atoms with Crippen molar-refractivity contribution in [2.45, 2.75) is 6.61 Å². The van der Waals surface area contributed by atoms with Gasteiger partial charge < -0.3 is 10.5 Å². The zero-order chi connectivity index (χ0) is 13.0. The molecule has 0 saturated carbocycles. The summed E-state index contributed by atoms with van der Waals surface area (Å²) >= 11 is 0. The van der Waals surface area contributed by atoms with Gasteiger partial charge in [0.25, 0.3) is 0 Å². The monoisotopic (exact) mass is 245 g/mol. The zero-order valence-corrected chi connectivity index (χ0v) is 9.60. The summed E-state index contributed by atoms with van der Waals surface area (Å²) in [5.74, 6) is -0.484. The molecule has 1 amide bonds. The Labute approximate surface area is 104 Å². The lowest BCUT2D eigenvalue weighted by molar-refractivity contribution is 0.0999. The Balaban J connectivity index is 2.08. The van der Waals surface area contributed by atoms with E-state index >= 15 is 0 Å². The molecule has 2 aromatic carbocycles. The predicted molar refractivity (Wildman–Crippen MR) is 65.7 cm³/mol. The molecule has 0 fully saturated rings. The minimum atomic E-state index is -0.649. The van der Waals surface area contributed by atoms with Gasteiger partial charge in [0.1, 0.15) is 18.2 Å². The highest BCUT2D eigenvalue weighted by atomic mass is 19.1. The Kier molecular flexibility index (Phi) is 3.57. The Morgan fingerprint density at radius 1 is 1.17 bits per heavy atom. The number of nitrogens with two attached hydrogens (primary N) is 1. The van der Waals surface area contributed by atoms with Crippen LogP contribution in [0.3, 0.4) is 0 Å². The number of primary amides is 1. The number of benzene rings is 2. The van der Waals surface area contributed by atoms with E-state index in [2.05, 4.69) is 0 Å². The third-order valence-corrected chi connectivity index (χ3v) is 2.48. The lowest BCUT2D eigenvalue weighted by Gasteiger charge is -2.07. The molecule has 0 heterocycles. The fraction of sp³-hybridized carbons (Fsp3) is 0.0714. The van der Waals surface area contributed by atoms with Crippen molar-refractivity contribution in [3.63, 3.8) is 0 Å². The molecule has 0 atom stereocenters. The second-order valence-electron chi connectivity index (χ2n) is 3.77. The van der Waals surface area contributed by atoms with Crippen LogP contribution >= 0.6 is 0 Å². The van der Waals surface area contributed by atoms with Crippen LogP contribution < -0.4 is 10.5 Å². The van der Waals surface area contributed by atoms with Gasteiger partial charge >= 0.3 is 0 Å². The first-order valence-corrected chi connectivity index (χ1v) is 5.43. The van der Waals surface area contributed by atoms with E-state index in [1.807, 2.05) is 18.2 Å². The number of ether oxygens (including phenoxy) is 1. The zero-order valence-electron chi connectivity index (χ0n) is 9.60. The fourth-order valence-electron chi connectivity index (χ4n) is 1.50. The molecule has 0 bridgehead atoms. The second-order valence-corrected chi connectivity index (χ2v) is 3.77. The highest BCUT2D eigenvalue weighted by Gasteiger charge is 2.07. The second kappa shape index (κ2) is 5.31. The number of amides is 1. The van der Waals surface area contributed by atoms with E-state index in [-0.39, 0.29) is 12.2 Å². The van der Waals surface area contributed by atoms with E-state index in [0.717, 1.165) is 6.07 Å². The maximum atomic E-state index is 13.6. The van der Waals surface area contributed by atoms with E-state index in [9.17, 15) is 9.18 Å². The third-order valence-electron chi connectivity index (χ3n) is 2.48. The first kappa shape index (κ1) is 12.1. The molecule has 4 heteroatoms. The van der Waals surface area contributed by atoms with Gasteiger partial charge in [-0.25, -0.2) is 4.39 Å². The molecule has 2 rings (SSSR count). The largest absolute Gasteiger partial charge is 0.489 e. The summed E-state index contributed by atoms with van der Waals surface area (Å²) in [5, 5.41) is 0. The summed E-state index contributed by atoms with van der Waals surface area (Å²) in [4.78, 5) is 10.9. The molecule has 0 aliphatic rings. The van der Waals surface area contributed by atoms with E-state index in [1.54, 1.807) is 12.1 Å². The maximum absolute atomic E-state index is 13.6. The van der Waals surface area contributed by atoms with Crippen LogP contribution in [0.4, 0.5) is 4.39 Å². The molecule has 0 unspecified atom stereocenters. The summed E-state index contributed by atoms with van der Waals surface area (Å²) in [6.07, 6.45) is 0. The summed E-state index contributed by atoms with van der Waals surface area (Å²) in [6.45, 7) is 0.106. The van der Waals surface area contributed by atoms with Gasteiger partial charge in [0.05, 0.1) is 0 Å². The number of carbonyl (C=O) groups excluding carboxylic acids is 1. The Bertz CT molecular complexity index is 555. The minimum Gasteiger partial charge on any atom is -0.489 e. The van der Waals surface area contributed by atoms with Crippen LogP contribution in [0.15, 0.2) is 48.5 Å². The molecule has 0 aromatic heterocycles. The van der Waals surface area contributed by atoms with Gasteiger partial charge in [-0.15, -0.1) is 0 Å². The van der Waals surface area contributed by atoms with E-state index < -0.39 is 11.7 Å². The lowest BCUT2D eigenvalue weighted by Crippen LogP contribution is -2.11. The fourth-order valence-corrected chi connectivity index (χ4v) is 1.50. The first-order valence-electron chi connectivity index (χ1n) is 5.43. The van der Waals surface area contributed by atoms with Crippen LogP contribution in [0.2, 0.25) is 0 Å². The van der Waals surface area contributed by atoms with Crippen molar-refractivity contribution in [2.75, 3.05) is 0 Å². The molecule has 3 nitrogen and oxygen atoms in total. The van der Waals surface area contributed by atoms with Gasteiger partial charge in [-0.2, -0.15) is 0 Å². The van der Waals surface area contributed by atoms with E-state index in [1.165, 1.54) is 12.1 Å². The summed E-state index contributed by atoms with van der Waals surface area (Å²) in [6, 6.07) is 13.2. The molecule has 0 aliphatic heterocycles. The van der Waals surface area contributed by atoms with Crippen LogP contribution in [0.1, 0.15) is 15.9 Å². The first-order chi connectivity index (χ1) is 8.66. The topological polar surface area (TPSA) is 52.3 Å². The highest BCUT2D eigenvalue weighted by Crippen LogP contribution is 2.15. The van der Waals surface area contributed by atoms with E-state index in [0.29, 0.717) is 11.3 Å². The van der Waals surface area contributed by atoms with E-state index in [4.69, 9.17) is 10.5 Å². The summed E-state index contributed by atoms with van der Waals surface area (Å²) < 4.78 is 19.0. The van der Waals surface area contributed by atoms with Gasteiger partial charge in [0.2, 0.25) is 5.91 Å². The van der Waals surface area contributed by atoms with Crippen molar-refractivity contribution in [2.24, 2.45) is 5.73 Å². The van der Waals surface area contributed by atoms with Gasteiger partial charge in [0, 0.05) is 11.1 Å². The van der Waals surface area contributed by atoms with Crippen LogP contribution in [0, 0.1) is 5.82 Å². The van der Waals surface area contributed by atoms with Crippen molar-refractivity contribution in [1.29, 1.82) is 0 Å². The quantitative estimate of drug-likeness (QED) is 0.899.